The molecule has 1 aliphatic rings. The zero-order chi connectivity index (χ0) is 25.7. The number of aromatic nitrogens is 1. The highest BCUT2D eigenvalue weighted by Crippen LogP contribution is 2.53. The smallest absolute Gasteiger partial charge is 0.330 e. The normalized spacial score (nSPS) is 17.1. The molecule has 3 N–H and O–H groups in total. The van der Waals surface area contributed by atoms with Crippen LogP contribution in [0.1, 0.15) is 24.0 Å². The third-order valence-corrected chi connectivity index (χ3v) is 7.17. The van der Waals surface area contributed by atoms with Gasteiger partial charge in [0.25, 0.3) is 0 Å². The summed E-state index contributed by atoms with van der Waals surface area (Å²) in [5, 5.41) is 10.6. The van der Waals surface area contributed by atoms with Gasteiger partial charge in [-0.2, -0.15) is 5.10 Å². The number of nitrogens with one attached hydrogen (secondary N) is 1. The van der Waals surface area contributed by atoms with Crippen LogP contribution in [0.2, 0.25) is 0 Å². The van der Waals surface area contributed by atoms with Gasteiger partial charge in [-0.15, -0.1) is 0 Å². The van der Waals surface area contributed by atoms with Crippen LogP contribution in [0, 0.1) is 11.6 Å². The average molecular weight is 513 g/mol. The zero-order valence-electron chi connectivity index (χ0n) is 19.8. The van der Waals surface area contributed by atoms with Gasteiger partial charge in [-0.05, 0) is 49.2 Å². The van der Waals surface area contributed by atoms with Gasteiger partial charge in [-0.3, -0.25) is 9.82 Å². The Bertz CT molecular complexity index is 1260. The Kier molecular flexibility index (Phi) is 7.82. The lowest BCUT2D eigenvalue weighted by atomic mass is 9.99. The Hall–Kier alpha value is -3.54. The summed E-state index contributed by atoms with van der Waals surface area (Å²) in [7, 11) is 2.84. The van der Waals surface area contributed by atoms with Gasteiger partial charge in [0.2, 0.25) is 0 Å². The summed E-state index contributed by atoms with van der Waals surface area (Å²) in [6.45, 7) is 0.422. The fraction of sp³-hybridized carbons (Fsp3) is 0.240. The monoisotopic (exact) mass is 512 g/mol. The number of thioether (sulfide) groups is 1. The number of carbonyl (C=O) groups is 1. The second kappa shape index (κ2) is 11.0. The van der Waals surface area contributed by atoms with Crippen LogP contribution >= 0.6 is 11.8 Å². The van der Waals surface area contributed by atoms with Crippen LogP contribution < -0.4 is 16.1 Å². The van der Waals surface area contributed by atoms with Crippen LogP contribution in [-0.2, 0) is 9.71 Å². The Morgan fingerprint density at radius 3 is 2.72 bits per heavy atom. The third-order valence-electron chi connectivity index (χ3n) is 5.73. The van der Waals surface area contributed by atoms with Crippen LogP contribution in [0.25, 0.3) is 0 Å². The molecule has 1 unspecified atom stereocenters. The molecule has 2 amide bonds. The van der Waals surface area contributed by atoms with Crippen LogP contribution in [-0.4, -0.2) is 41.8 Å². The van der Waals surface area contributed by atoms with Crippen molar-refractivity contribution in [3.05, 3.63) is 89.8 Å². The summed E-state index contributed by atoms with van der Waals surface area (Å²) < 4.78 is 29.0. The van der Waals surface area contributed by atoms with Gasteiger partial charge in [-0.25, -0.2) is 23.6 Å². The molecule has 1 atom stereocenters. The van der Waals surface area contributed by atoms with Crippen LogP contribution in [0.3, 0.4) is 0 Å². The number of halogens is 2. The first-order valence-corrected chi connectivity index (χ1v) is 12.0. The predicted octanol–water partition coefficient (Wildman–Crippen LogP) is 4.89. The lowest BCUT2D eigenvalue weighted by Crippen LogP contribution is -2.39. The van der Waals surface area contributed by atoms with E-state index in [4.69, 9.17) is 15.7 Å². The fourth-order valence-electron chi connectivity index (χ4n) is 3.88. The Morgan fingerprint density at radius 1 is 1.22 bits per heavy atom. The minimum Gasteiger partial charge on any atom is -0.330 e. The van der Waals surface area contributed by atoms with E-state index in [1.165, 1.54) is 32.1 Å². The topological polar surface area (TPSA) is 96.1 Å². The molecule has 1 aromatic heterocycles. The van der Waals surface area contributed by atoms with E-state index in [9.17, 15) is 13.6 Å². The van der Waals surface area contributed by atoms with Crippen molar-refractivity contribution in [1.82, 2.24) is 10.0 Å². The summed E-state index contributed by atoms with van der Waals surface area (Å²) in [6, 6.07) is 14.1. The van der Waals surface area contributed by atoms with E-state index in [0.29, 0.717) is 35.8 Å². The van der Waals surface area contributed by atoms with E-state index in [2.05, 4.69) is 10.3 Å². The summed E-state index contributed by atoms with van der Waals surface area (Å²) in [4.78, 5) is 20.8. The van der Waals surface area contributed by atoms with Crippen molar-refractivity contribution < 1.29 is 18.4 Å². The van der Waals surface area contributed by atoms with Gasteiger partial charge >= 0.3 is 6.03 Å². The molecule has 0 saturated heterocycles. The molecule has 188 valence electrons. The van der Waals surface area contributed by atoms with Crippen molar-refractivity contribution in [1.29, 1.82) is 0 Å². The molecule has 1 aliphatic heterocycles. The highest BCUT2D eigenvalue weighted by molar-refractivity contribution is 8.15. The molecular weight excluding hydrogens is 486 g/mol. The summed E-state index contributed by atoms with van der Waals surface area (Å²) in [5.41, 5.74) is 7.72. The molecule has 2 heterocycles. The number of hydroxylamine groups is 2. The van der Waals surface area contributed by atoms with Crippen LogP contribution in [0.15, 0.2) is 72.1 Å². The van der Waals surface area contributed by atoms with Gasteiger partial charge in [0.1, 0.15) is 21.5 Å². The second-order valence-electron chi connectivity index (χ2n) is 7.99. The van der Waals surface area contributed by atoms with Gasteiger partial charge in [0, 0.05) is 18.8 Å². The second-order valence-corrected chi connectivity index (χ2v) is 9.26. The predicted molar refractivity (Wildman–Crippen MR) is 137 cm³/mol. The third kappa shape index (κ3) is 5.03. The lowest BCUT2D eigenvalue weighted by molar-refractivity contribution is -0.0598. The van der Waals surface area contributed by atoms with Gasteiger partial charge in [0.15, 0.2) is 0 Å². The van der Waals surface area contributed by atoms with Crippen molar-refractivity contribution in [2.75, 3.05) is 31.0 Å². The first kappa shape index (κ1) is 25.5. The van der Waals surface area contributed by atoms with Gasteiger partial charge in [0.05, 0.1) is 24.7 Å². The Morgan fingerprint density at radius 2 is 2.00 bits per heavy atom. The number of hydrazone groups is 1. The van der Waals surface area contributed by atoms with Crippen molar-refractivity contribution in [3.63, 3.8) is 0 Å². The number of pyridine rings is 1. The van der Waals surface area contributed by atoms with Crippen molar-refractivity contribution in [3.8, 4) is 0 Å². The molecule has 0 fully saturated rings. The minimum atomic E-state index is -0.858. The highest BCUT2D eigenvalue weighted by Gasteiger charge is 2.47. The molecule has 0 bridgehead atoms. The number of anilines is 2. The van der Waals surface area contributed by atoms with Crippen LogP contribution in [0.4, 0.5) is 25.0 Å². The largest absolute Gasteiger partial charge is 0.345 e. The lowest BCUT2D eigenvalue weighted by Gasteiger charge is -2.38. The van der Waals surface area contributed by atoms with Gasteiger partial charge in [-0.1, -0.05) is 42.1 Å². The summed E-state index contributed by atoms with van der Waals surface area (Å²) in [5.74, 6) is -1.16. The number of hydrogen-bond donors (Lipinski definition) is 2. The zero-order valence-corrected chi connectivity index (χ0v) is 20.6. The molecule has 0 saturated carbocycles. The molecule has 0 aliphatic carbocycles. The van der Waals surface area contributed by atoms with E-state index in [0.717, 1.165) is 28.8 Å². The maximum atomic E-state index is 14.9. The van der Waals surface area contributed by atoms with E-state index >= 15 is 0 Å². The number of hydrogen-bond acceptors (Lipinski definition) is 7. The number of carbonyl (C=O) groups excluding carboxylic acids is 1. The molecule has 36 heavy (non-hydrogen) atoms. The molecule has 4 rings (SSSR count). The molecule has 2 aromatic carbocycles. The van der Waals surface area contributed by atoms with E-state index in [-0.39, 0.29) is 5.56 Å². The molecule has 11 heteroatoms. The summed E-state index contributed by atoms with van der Waals surface area (Å²) in [6.07, 6.45) is 4.24. The highest BCUT2D eigenvalue weighted by atomic mass is 32.2. The van der Waals surface area contributed by atoms with Gasteiger partial charge < -0.3 is 11.1 Å². The first-order chi connectivity index (χ1) is 17.4. The van der Waals surface area contributed by atoms with Crippen molar-refractivity contribution >= 4 is 34.2 Å². The van der Waals surface area contributed by atoms with E-state index < -0.39 is 22.5 Å². The molecule has 3 aromatic rings. The SMILES string of the molecule is CON(C)C(=O)Nc1cnccc1N1N=C(c2cc(F)ccc2F)SC1(CCCN)c1ccccc1. The molecule has 8 nitrogen and oxygen atoms in total. The molecule has 0 spiro atoms. The number of amides is 2. The number of rotatable bonds is 8. The van der Waals surface area contributed by atoms with Crippen molar-refractivity contribution in [2.45, 2.75) is 17.7 Å². The number of nitrogens with zero attached hydrogens (tertiary/aromatic N) is 4. The fourth-order valence-corrected chi connectivity index (χ4v) is 5.32. The minimum absolute atomic E-state index is 0.0503. The Labute approximate surface area is 212 Å². The standard InChI is InChI=1S/C25H26F2N6O2S/c1-32(35-2)24(34)30-21-16-29-14-11-22(21)33-25(12-6-13-28,17-7-4-3-5-8-17)36-23(31-33)19-15-18(26)9-10-20(19)27/h3-5,7-11,14-16H,6,12-13,28H2,1-2H3,(H,30,34). The summed E-state index contributed by atoms with van der Waals surface area (Å²) >= 11 is 1.31. The maximum Gasteiger partial charge on any atom is 0.345 e. The number of nitrogens with two attached hydrogens (primary N) is 1. The number of benzene rings is 2. The first-order valence-electron chi connectivity index (χ1n) is 11.2. The van der Waals surface area contributed by atoms with Crippen molar-refractivity contribution in [2.24, 2.45) is 10.8 Å². The van der Waals surface area contributed by atoms with E-state index in [1.54, 1.807) is 17.3 Å². The molecular formula is C25H26F2N6O2S. The average Bonchev–Trinajstić information content (AvgIpc) is 3.29. The Balaban J connectivity index is 1.90. The number of urea groups is 1. The quantitative estimate of drug-likeness (QED) is 0.417. The van der Waals surface area contributed by atoms with E-state index in [1.807, 2.05) is 30.3 Å². The van der Waals surface area contributed by atoms with Crippen LogP contribution in [0.5, 0.6) is 0 Å². The maximum absolute atomic E-state index is 14.9. The molecule has 0 radical (unpaired) electrons.